The number of aryl methyl sites for hydroxylation is 1. The molecule has 1 saturated heterocycles. The van der Waals surface area contributed by atoms with E-state index in [1.165, 1.54) is 4.90 Å². The molecule has 0 saturated carbocycles. The molecular formula is C10H13N3O4. The van der Waals surface area contributed by atoms with Crippen LogP contribution in [0.2, 0.25) is 0 Å². The third kappa shape index (κ3) is 2.55. The van der Waals surface area contributed by atoms with Gasteiger partial charge >= 0.3 is 12.0 Å². The number of urea groups is 1. The lowest BCUT2D eigenvalue weighted by Crippen LogP contribution is -2.56. The van der Waals surface area contributed by atoms with E-state index in [4.69, 9.17) is 9.63 Å². The van der Waals surface area contributed by atoms with Crippen molar-refractivity contribution in [2.75, 3.05) is 13.1 Å². The second-order valence-electron chi connectivity index (χ2n) is 4.03. The van der Waals surface area contributed by atoms with Gasteiger partial charge in [0.05, 0.1) is 12.5 Å². The number of carbonyl (C=O) groups is 2. The van der Waals surface area contributed by atoms with Gasteiger partial charge in [0.25, 0.3) is 0 Å². The Hall–Kier alpha value is -2.05. The molecule has 0 radical (unpaired) electrons. The quantitative estimate of drug-likeness (QED) is 0.786. The number of hydrogen-bond donors (Lipinski definition) is 2. The summed E-state index contributed by atoms with van der Waals surface area (Å²) in [6, 6.07) is 1.46. The van der Waals surface area contributed by atoms with Gasteiger partial charge in [0, 0.05) is 19.2 Å². The molecule has 0 atom stereocenters. The van der Waals surface area contributed by atoms with E-state index in [9.17, 15) is 9.59 Å². The van der Waals surface area contributed by atoms with Gasteiger partial charge in [0.2, 0.25) is 0 Å². The van der Waals surface area contributed by atoms with Crippen LogP contribution in [0.1, 0.15) is 11.5 Å². The molecule has 2 N–H and O–H groups in total. The Morgan fingerprint density at radius 1 is 1.65 bits per heavy atom. The zero-order valence-corrected chi connectivity index (χ0v) is 9.34. The van der Waals surface area contributed by atoms with Gasteiger partial charge in [-0.05, 0) is 6.92 Å². The van der Waals surface area contributed by atoms with Gasteiger partial charge in [-0.15, -0.1) is 0 Å². The molecule has 92 valence electrons. The fourth-order valence-electron chi connectivity index (χ4n) is 1.58. The first-order valence-corrected chi connectivity index (χ1v) is 5.24. The van der Waals surface area contributed by atoms with Crippen LogP contribution in [0.15, 0.2) is 10.6 Å². The molecule has 0 aromatic carbocycles. The molecule has 1 fully saturated rings. The largest absolute Gasteiger partial charge is 0.481 e. The second kappa shape index (κ2) is 4.44. The standard InChI is InChI=1S/C10H13N3O4/c1-6-2-8(12-17-6)3-11-10(16)13-4-7(5-13)9(14)15/h2,7H,3-5H2,1H3,(H,11,16)(H,14,15). The predicted molar refractivity (Wildman–Crippen MR) is 56.2 cm³/mol. The zero-order valence-electron chi connectivity index (χ0n) is 9.34. The predicted octanol–water partition coefficient (Wildman–Crippen LogP) is 0.209. The third-order valence-electron chi connectivity index (χ3n) is 2.62. The summed E-state index contributed by atoms with van der Waals surface area (Å²) >= 11 is 0. The molecular weight excluding hydrogens is 226 g/mol. The molecule has 7 heteroatoms. The number of likely N-dealkylation sites (tertiary alicyclic amines) is 1. The highest BCUT2D eigenvalue weighted by Gasteiger charge is 2.35. The molecule has 1 aliphatic heterocycles. The van der Waals surface area contributed by atoms with Gasteiger partial charge in [-0.2, -0.15) is 0 Å². The van der Waals surface area contributed by atoms with Gasteiger partial charge in [-0.3, -0.25) is 4.79 Å². The maximum atomic E-state index is 11.5. The van der Waals surface area contributed by atoms with Crippen molar-refractivity contribution in [2.24, 2.45) is 5.92 Å². The van der Waals surface area contributed by atoms with Crippen molar-refractivity contribution < 1.29 is 19.2 Å². The van der Waals surface area contributed by atoms with Gasteiger partial charge in [0.1, 0.15) is 11.5 Å². The molecule has 1 aromatic heterocycles. The molecule has 0 unspecified atom stereocenters. The van der Waals surface area contributed by atoms with Crippen molar-refractivity contribution in [3.05, 3.63) is 17.5 Å². The second-order valence-corrected chi connectivity index (χ2v) is 4.03. The van der Waals surface area contributed by atoms with Crippen LogP contribution in [0.3, 0.4) is 0 Å². The first-order chi connectivity index (χ1) is 8.06. The summed E-state index contributed by atoms with van der Waals surface area (Å²) in [6.45, 7) is 2.58. The average Bonchev–Trinajstić information content (AvgIpc) is 2.58. The lowest BCUT2D eigenvalue weighted by Gasteiger charge is -2.36. The topological polar surface area (TPSA) is 95.7 Å². The van der Waals surface area contributed by atoms with E-state index in [1.807, 2.05) is 0 Å². The molecule has 2 amide bonds. The summed E-state index contributed by atoms with van der Waals surface area (Å²) in [5.74, 6) is -0.611. The molecule has 7 nitrogen and oxygen atoms in total. The number of amides is 2. The first-order valence-electron chi connectivity index (χ1n) is 5.24. The fraction of sp³-hybridized carbons (Fsp3) is 0.500. The van der Waals surface area contributed by atoms with Crippen LogP contribution in [0, 0.1) is 12.8 Å². The lowest BCUT2D eigenvalue weighted by atomic mass is 10.0. The van der Waals surface area contributed by atoms with Crippen LogP contribution >= 0.6 is 0 Å². The number of carboxylic acids is 1. The zero-order chi connectivity index (χ0) is 12.4. The van der Waals surface area contributed by atoms with Crippen molar-refractivity contribution in [1.29, 1.82) is 0 Å². The Bertz CT molecular complexity index is 437. The summed E-state index contributed by atoms with van der Waals surface area (Å²) in [6.07, 6.45) is 0. The summed E-state index contributed by atoms with van der Waals surface area (Å²) < 4.78 is 4.85. The first kappa shape index (κ1) is 11.4. The number of aliphatic carboxylic acids is 1. The van der Waals surface area contributed by atoms with Crippen molar-refractivity contribution in [1.82, 2.24) is 15.4 Å². The van der Waals surface area contributed by atoms with Crippen molar-refractivity contribution >= 4 is 12.0 Å². The monoisotopic (exact) mass is 239 g/mol. The molecule has 1 aromatic rings. The molecule has 2 heterocycles. The highest BCUT2D eigenvalue weighted by molar-refractivity contribution is 5.79. The normalized spacial score (nSPS) is 15.5. The third-order valence-corrected chi connectivity index (χ3v) is 2.62. The summed E-state index contributed by atoms with van der Waals surface area (Å²) in [7, 11) is 0. The van der Waals surface area contributed by atoms with Crippen molar-refractivity contribution in [3.8, 4) is 0 Å². The number of nitrogens with one attached hydrogen (secondary N) is 1. The number of carbonyl (C=O) groups excluding carboxylic acids is 1. The van der Waals surface area contributed by atoms with E-state index in [1.54, 1.807) is 13.0 Å². The minimum atomic E-state index is -0.860. The van der Waals surface area contributed by atoms with Gasteiger partial charge < -0.3 is 19.8 Å². The van der Waals surface area contributed by atoms with Gasteiger partial charge in [0.15, 0.2) is 0 Å². The SMILES string of the molecule is Cc1cc(CNC(=O)N2CC(C(=O)O)C2)no1. The number of rotatable bonds is 3. The minimum absolute atomic E-state index is 0.263. The Balaban J connectivity index is 1.74. The minimum Gasteiger partial charge on any atom is -0.481 e. The smallest absolute Gasteiger partial charge is 0.317 e. The number of aromatic nitrogens is 1. The van der Waals surface area contributed by atoms with Crippen LogP contribution in [0.25, 0.3) is 0 Å². The van der Waals surface area contributed by atoms with Crippen LogP contribution in [-0.2, 0) is 11.3 Å². The van der Waals surface area contributed by atoms with Crippen molar-refractivity contribution in [3.63, 3.8) is 0 Å². The molecule has 1 aliphatic rings. The summed E-state index contributed by atoms with van der Waals surface area (Å²) in [5.41, 5.74) is 0.645. The van der Waals surface area contributed by atoms with E-state index >= 15 is 0 Å². The summed E-state index contributed by atoms with van der Waals surface area (Å²) in [5, 5.41) is 15.0. The number of carboxylic acid groups (broad SMARTS) is 1. The highest BCUT2D eigenvalue weighted by atomic mass is 16.5. The maximum Gasteiger partial charge on any atom is 0.317 e. The van der Waals surface area contributed by atoms with E-state index in [-0.39, 0.29) is 25.7 Å². The van der Waals surface area contributed by atoms with Crippen LogP contribution in [0.5, 0.6) is 0 Å². The Labute approximate surface area is 97.4 Å². The molecule has 0 bridgehead atoms. The molecule has 17 heavy (non-hydrogen) atoms. The van der Waals surface area contributed by atoms with E-state index in [0.717, 1.165) is 0 Å². The van der Waals surface area contributed by atoms with Gasteiger partial charge in [-0.1, -0.05) is 5.16 Å². The van der Waals surface area contributed by atoms with Crippen LogP contribution in [0.4, 0.5) is 4.79 Å². The maximum absolute atomic E-state index is 11.5. The Morgan fingerprint density at radius 3 is 2.88 bits per heavy atom. The molecule has 0 aliphatic carbocycles. The van der Waals surface area contributed by atoms with E-state index < -0.39 is 11.9 Å². The molecule has 0 spiro atoms. The Kier molecular flexibility index (Phi) is 2.99. The van der Waals surface area contributed by atoms with E-state index in [2.05, 4.69) is 10.5 Å². The fourth-order valence-corrected chi connectivity index (χ4v) is 1.58. The lowest BCUT2D eigenvalue weighted by molar-refractivity contribution is -0.146. The van der Waals surface area contributed by atoms with Crippen LogP contribution in [-0.4, -0.2) is 40.3 Å². The average molecular weight is 239 g/mol. The number of hydrogen-bond acceptors (Lipinski definition) is 4. The number of nitrogens with zero attached hydrogens (tertiary/aromatic N) is 2. The molecule has 2 rings (SSSR count). The summed E-state index contributed by atoms with van der Waals surface area (Å²) in [4.78, 5) is 23.5. The van der Waals surface area contributed by atoms with Crippen LogP contribution < -0.4 is 5.32 Å². The van der Waals surface area contributed by atoms with Crippen molar-refractivity contribution in [2.45, 2.75) is 13.5 Å². The highest BCUT2D eigenvalue weighted by Crippen LogP contribution is 2.15. The van der Waals surface area contributed by atoms with E-state index in [0.29, 0.717) is 11.5 Å². The Morgan fingerprint density at radius 2 is 2.35 bits per heavy atom. The van der Waals surface area contributed by atoms with Gasteiger partial charge in [-0.25, -0.2) is 4.79 Å².